The fourth-order valence-corrected chi connectivity index (χ4v) is 4.43. The molecule has 0 aliphatic carbocycles. The van der Waals surface area contributed by atoms with Gasteiger partial charge in [0.05, 0.1) is 17.1 Å². The fraction of sp³-hybridized carbons (Fsp3) is 0.278. The molecule has 1 aliphatic rings. The average Bonchev–Trinajstić information content (AvgIpc) is 3.21. The van der Waals surface area contributed by atoms with E-state index < -0.39 is 0 Å². The molecule has 0 radical (unpaired) electrons. The summed E-state index contributed by atoms with van der Waals surface area (Å²) in [4.78, 5) is 13.9. The number of halogens is 2. The largest absolute Gasteiger partial charge is 0.322 e. The lowest BCUT2D eigenvalue weighted by Crippen LogP contribution is -2.08. The van der Waals surface area contributed by atoms with Crippen molar-refractivity contribution in [1.82, 2.24) is 19.5 Å². The summed E-state index contributed by atoms with van der Waals surface area (Å²) in [5, 5.41) is 0.738. The van der Waals surface area contributed by atoms with Crippen molar-refractivity contribution in [3.05, 3.63) is 48.2 Å². The highest BCUT2D eigenvalue weighted by atomic mass is 127. The van der Waals surface area contributed by atoms with Crippen molar-refractivity contribution in [2.75, 3.05) is 10.7 Å². The van der Waals surface area contributed by atoms with Crippen LogP contribution in [0, 0.1) is 5.82 Å². The maximum absolute atomic E-state index is 13.4. The predicted molar refractivity (Wildman–Crippen MR) is 107 cm³/mol. The van der Waals surface area contributed by atoms with Gasteiger partial charge in [0.15, 0.2) is 5.16 Å². The molecule has 3 aromatic rings. The Morgan fingerprint density at radius 2 is 2.04 bits per heavy atom. The van der Waals surface area contributed by atoms with Crippen LogP contribution in [0.15, 0.2) is 41.7 Å². The van der Waals surface area contributed by atoms with E-state index in [9.17, 15) is 4.39 Å². The van der Waals surface area contributed by atoms with Gasteiger partial charge in [0.25, 0.3) is 0 Å². The second kappa shape index (κ2) is 7.03. The molecule has 25 heavy (non-hydrogen) atoms. The van der Waals surface area contributed by atoms with Gasteiger partial charge in [-0.3, -0.25) is 0 Å². The molecule has 0 spiro atoms. The first-order valence-electron chi connectivity index (χ1n) is 8.01. The molecular formula is C18H16FIN4S. The molecule has 0 N–H and O–H groups in total. The van der Waals surface area contributed by atoms with Crippen LogP contribution < -0.4 is 0 Å². The van der Waals surface area contributed by atoms with E-state index >= 15 is 0 Å². The van der Waals surface area contributed by atoms with Crippen LogP contribution in [0.3, 0.4) is 0 Å². The Bertz CT molecular complexity index is 910. The Labute approximate surface area is 163 Å². The van der Waals surface area contributed by atoms with Crippen LogP contribution in [0.2, 0.25) is 0 Å². The van der Waals surface area contributed by atoms with Crippen LogP contribution in [0.25, 0.3) is 22.6 Å². The topological polar surface area (TPSA) is 43.6 Å². The van der Waals surface area contributed by atoms with Crippen molar-refractivity contribution in [3.8, 4) is 22.6 Å². The summed E-state index contributed by atoms with van der Waals surface area (Å²) < 4.78 is 16.7. The summed E-state index contributed by atoms with van der Waals surface area (Å²) in [6, 6.07) is 8.87. The highest BCUT2D eigenvalue weighted by Crippen LogP contribution is 2.39. The number of rotatable bonds is 4. The van der Waals surface area contributed by atoms with Gasteiger partial charge < -0.3 is 4.57 Å². The maximum Gasteiger partial charge on any atom is 0.187 e. The van der Waals surface area contributed by atoms with Crippen LogP contribution in [0.5, 0.6) is 0 Å². The van der Waals surface area contributed by atoms with E-state index in [0.717, 1.165) is 50.9 Å². The zero-order valence-electron chi connectivity index (χ0n) is 13.6. The van der Waals surface area contributed by atoms with Gasteiger partial charge in [-0.15, -0.1) is 0 Å². The van der Waals surface area contributed by atoms with Crippen molar-refractivity contribution >= 4 is 34.4 Å². The number of alkyl halides is 1. The summed E-state index contributed by atoms with van der Waals surface area (Å²) in [5.74, 6) is 0.842. The van der Waals surface area contributed by atoms with Crippen LogP contribution in [-0.2, 0) is 6.42 Å². The molecule has 0 saturated heterocycles. The van der Waals surface area contributed by atoms with Crippen LogP contribution in [0.4, 0.5) is 4.39 Å². The van der Waals surface area contributed by atoms with Crippen LogP contribution in [0.1, 0.15) is 18.3 Å². The number of thioether (sulfide) groups is 1. The summed E-state index contributed by atoms with van der Waals surface area (Å²) in [6.45, 7) is 0. The molecule has 0 unspecified atom stereocenters. The molecule has 1 aromatic carbocycles. The van der Waals surface area contributed by atoms with Gasteiger partial charge in [0, 0.05) is 28.7 Å². The van der Waals surface area contributed by atoms with Gasteiger partial charge in [0.2, 0.25) is 0 Å². The van der Waals surface area contributed by atoms with Gasteiger partial charge in [-0.05, 0) is 43.0 Å². The molecular weight excluding hydrogens is 450 g/mol. The normalized spacial score (nSPS) is 16.2. The van der Waals surface area contributed by atoms with E-state index in [2.05, 4.69) is 32.1 Å². The van der Waals surface area contributed by atoms with Gasteiger partial charge in [-0.2, -0.15) is 0 Å². The first kappa shape index (κ1) is 17.0. The lowest BCUT2D eigenvalue weighted by molar-refractivity contribution is 0.602. The summed E-state index contributed by atoms with van der Waals surface area (Å²) in [6.07, 6.45) is 5.82. The molecule has 1 aliphatic heterocycles. The molecule has 0 fully saturated rings. The van der Waals surface area contributed by atoms with Crippen molar-refractivity contribution in [3.63, 3.8) is 0 Å². The number of nitrogens with zero attached hydrogens (tertiary/aromatic N) is 4. The summed E-state index contributed by atoms with van der Waals surface area (Å²) in [7, 11) is 0. The third-order valence-electron chi connectivity index (χ3n) is 4.40. The summed E-state index contributed by atoms with van der Waals surface area (Å²) in [5.41, 5.74) is 3.66. The van der Waals surface area contributed by atoms with Crippen molar-refractivity contribution in [1.29, 1.82) is 0 Å². The predicted octanol–water partition coefficient (Wildman–Crippen LogP) is 4.79. The highest BCUT2D eigenvalue weighted by molar-refractivity contribution is 14.1. The first-order chi connectivity index (χ1) is 12.2. The molecule has 0 saturated carbocycles. The number of imidazole rings is 1. The Morgan fingerprint density at radius 3 is 2.76 bits per heavy atom. The van der Waals surface area contributed by atoms with E-state index in [0.29, 0.717) is 6.04 Å². The first-order valence-corrected chi connectivity index (χ1v) is 10.8. The van der Waals surface area contributed by atoms with E-state index in [4.69, 9.17) is 9.97 Å². The quantitative estimate of drug-likeness (QED) is 0.240. The third kappa shape index (κ3) is 3.08. The standard InChI is InChI=1S/C18H16FIN4S/c1-25-18-21-9-8-14(22-18)17-16(11-2-4-12(19)5-3-11)23-15-7-6-13(10-20)24(15)17/h2-5,8-9,13H,6-7,10H2,1H3/t13-/m0/s1. The Balaban J connectivity index is 1.94. The molecule has 7 heteroatoms. The van der Waals surface area contributed by atoms with Crippen molar-refractivity contribution < 1.29 is 4.39 Å². The van der Waals surface area contributed by atoms with E-state index in [1.165, 1.54) is 23.9 Å². The van der Waals surface area contributed by atoms with E-state index in [1.807, 2.05) is 12.3 Å². The van der Waals surface area contributed by atoms with Gasteiger partial charge in [0.1, 0.15) is 11.6 Å². The van der Waals surface area contributed by atoms with E-state index in [1.54, 1.807) is 18.3 Å². The third-order valence-corrected chi connectivity index (χ3v) is 5.98. The zero-order chi connectivity index (χ0) is 17.4. The monoisotopic (exact) mass is 466 g/mol. The number of aryl methyl sites for hydroxylation is 1. The number of aromatic nitrogens is 4. The molecule has 3 heterocycles. The number of hydrogen-bond donors (Lipinski definition) is 0. The molecule has 2 aromatic heterocycles. The van der Waals surface area contributed by atoms with Crippen LogP contribution in [-0.4, -0.2) is 30.2 Å². The molecule has 0 bridgehead atoms. The number of hydrogen-bond acceptors (Lipinski definition) is 4. The Hall–Kier alpha value is -1.48. The molecule has 1 atom stereocenters. The zero-order valence-corrected chi connectivity index (χ0v) is 16.6. The second-order valence-corrected chi connectivity index (χ2v) is 7.53. The SMILES string of the molecule is CSc1nccc(-c2c(-c3ccc(F)cc3)nc3n2[C@H](CI)CC3)n1. The fourth-order valence-electron chi connectivity index (χ4n) is 3.24. The lowest BCUT2D eigenvalue weighted by atomic mass is 10.1. The lowest BCUT2D eigenvalue weighted by Gasteiger charge is -2.15. The number of fused-ring (bicyclic) bond motifs is 1. The second-order valence-electron chi connectivity index (χ2n) is 5.88. The van der Waals surface area contributed by atoms with Crippen LogP contribution >= 0.6 is 34.4 Å². The molecule has 4 nitrogen and oxygen atoms in total. The van der Waals surface area contributed by atoms with Crippen molar-refractivity contribution in [2.24, 2.45) is 0 Å². The molecule has 4 rings (SSSR count). The average molecular weight is 466 g/mol. The minimum Gasteiger partial charge on any atom is -0.322 e. The van der Waals surface area contributed by atoms with Gasteiger partial charge in [-0.25, -0.2) is 19.3 Å². The van der Waals surface area contributed by atoms with Gasteiger partial charge >= 0.3 is 0 Å². The molecule has 0 amide bonds. The molecule has 128 valence electrons. The number of benzene rings is 1. The highest BCUT2D eigenvalue weighted by Gasteiger charge is 2.30. The van der Waals surface area contributed by atoms with E-state index in [-0.39, 0.29) is 5.82 Å². The smallest absolute Gasteiger partial charge is 0.187 e. The minimum absolute atomic E-state index is 0.242. The van der Waals surface area contributed by atoms with Gasteiger partial charge in [-0.1, -0.05) is 34.4 Å². The summed E-state index contributed by atoms with van der Waals surface area (Å²) >= 11 is 3.95. The minimum atomic E-state index is -0.242. The Morgan fingerprint density at radius 1 is 1.24 bits per heavy atom. The van der Waals surface area contributed by atoms with Crippen molar-refractivity contribution in [2.45, 2.75) is 24.0 Å². The maximum atomic E-state index is 13.4. The Kier molecular flexibility index (Phi) is 4.77.